The largest absolute Gasteiger partial charge is 0.340 e. The third-order valence-electron chi connectivity index (χ3n) is 3.54. The fourth-order valence-electron chi connectivity index (χ4n) is 2.23. The summed E-state index contributed by atoms with van der Waals surface area (Å²) in [4.78, 5) is 15.3. The molecular weight excluding hydrogens is 310 g/mol. The Morgan fingerprint density at radius 1 is 1.30 bits per heavy atom. The van der Waals surface area contributed by atoms with Crippen LogP contribution in [0.1, 0.15) is 11.1 Å². The van der Waals surface area contributed by atoms with E-state index in [1.165, 1.54) is 4.80 Å². The Kier molecular flexibility index (Phi) is 4.47. The van der Waals surface area contributed by atoms with Gasteiger partial charge in [-0.15, -0.1) is 10.2 Å². The molecule has 0 fully saturated rings. The number of benzene rings is 1. The van der Waals surface area contributed by atoms with Crippen LogP contribution in [0.25, 0.3) is 11.4 Å². The van der Waals surface area contributed by atoms with E-state index in [-0.39, 0.29) is 12.5 Å². The molecule has 2 aromatic heterocycles. The number of hydrogen-bond acceptors (Lipinski definition) is 5. The van der Waals surface area contributed by atoms with E-state index in [2.05, 4.69) is 15.4 Å². The normalized spacial score (nSPS) is 10.7. The number of carbonyl (C=O) groups excluding carboxylic acids is 1. The van der Waals surface area contributed by atoms with E-state index in [0.29, 0.717) is 12.4 Å². The standard InChI is InChI=1S/C16H17N5OS/c1-12-5-3-4-6-14(12)16-17-19-21(18-16)10-15(22)20(2)9-13-7-8-23-11-13/h3-8,11H,9-10H2,1-2H3. The highest BCUT2D eigenvalue weighted by atomic mass is 32.1. The molecule has 0 aliphatic heterocycles. The van der Waals surface area contributed by atoms with Crippen molar-refractivity contribution in [1.29, 1.82) is 0 Å². The van der Waals surface area contributed by atoms with Gasteiger partial charge in [-0.05, 0) is 40.1 Å². The molecule has 118 valence electrons. The van der Waals surface area contributed by atoms with Crippen molar-refractivity contribution in [3.05, 3.63) is 52.2 Å². The van der Waals surface area contributed by atoms with E-state index in [9.17, 15) is 4.79 Å². The Bertz CT molecular complexity index is 796. The number of aryl methyl sites for hydroxylation is 1. The van der Waals surface area contributed by atoms with Crippen molar-refractivity contribution < 1.29 is 4.79 Å². The third-order valence-corrected chi connectivity index (χ3v) is 4.27. The van der Waals surface area contributed by atoms with Crippen LogP contribution in [-0.4, -0.2) is 38.1 Å². The Morgan fingerprint density at radius 2 is 2.13 bits per heavy atom. The lowest BCUT2D eigenvalue weighted by Gasteiger charge is -2.15. The van der Waals surface area contributed by atoms with E-state index in [4.69, 9.17) is 0 Å². The van der Waals surface area contributed by atoms with Crippen LogP contribution >= 0.6 is 11.3 Å². The second kappa shape index (κ2) is 6.70. The average molecular weight is 327 g/mol. The Morgan fingerprint density at radius 3 is 2.87 bits per heavy atom. The Hall–Kier alpha value is -2.54. The minimum absolute atomic E-state index is 0.0510. The van der Waals surface area contributed by atoms with E-state index < -0.39 is 0 Å². The number of aromatic nitrogens is 4. The summed E-state index contributed by atoms with van der Waals surface area (Å²) in [6.45, 7) is 2.66. The number of carbonyl (C=O) groups is 1. The summed E-state index contributed by atoms with van der Waals surface area (Å²) in [5.41, 5.74) is 3.13. The number of hydrogen-bond donors (Lipinski definition) is 0. The van der Waals surface area contributed by atoms with Gasteiger partial charge in [0.05, 0.1) is 0 Å². The van der Waals surface area contributed by atoms with Crippen molar-refractivity contribution in [3.63, 3.8) is 0 Å². The summed E-state index contributed by atoms with van der Waals surface area (Å²) in [5, 5.41) is 16.4. The molecule has 3 aromatic rings. The highest BCUT2D eigenvalue weighted by molar-refractivity contribution is 7.07. The van der Waals surface area contributed by atoms with Gasteiger partial charge in [0.25, 0.3) is 0 Å². The highest BCUT2D eigenvalue weighted by Gasteiger charge is 2.14. The van der Waals surface area contributed by atoms with Crippen molar-refractivity contribution >= 4 is 17.2 Å². The van der Waals surface area contributed by atoms with Crippen molar-refractivity contribution in [2.24, 2.45) is 0 Å². The van der Waals surface area contributed by atoms with Crippen molar-refractivity contribution in [1.82, 2.24) is 25.1 Å². The Labute approximate surface area is 138 Å². The molecule has 3 rings (SSSR count). The average Bonchev–Trinajstić information content (AvgIpc) is 3.19. The zero-order chi connectivity index (χ0) is 16.2. The van der Waals surface area contributed by atoms with E-state index in [0.717, 1.165) is 16.7 Å². The quantitative estimate of drug-likeness (QED) is 0.722. The zero-order valence-electron chi connectivity index (χ0n) is 13.0. The number of tetrazole rings is 1. The van der Waals surface area contributed by atoms with Crippen LogP contribution in [-0.2, 0) is 17.9 Å². The molecule has 0 atom stereocenters. The highest BCUT2D eigenvalue weighted by Crippen LogP contribution is 2.17. The summed E-state index contributed by atoms with van der Waals surface area (Å²) in [7, 11) is 1.78. The fourth-order valence-corrected chi connectivity index (χ4v) is 2.89. The first-order chi connectivity index (χ1) is 11.1. The van der Waals surface area contributed by atoms with Gasteiger partial charge in [0.2, 0.25) is 11.7 Å². The zero-order valence-corrected chi connectivity index (χ0v) is 13.8. The van der Waals surface area contributed by atoms with Gasteiger partial charge in [-0.25, -0.2) is 0 Å². The monoisotopic (exact) mass is 327 g/mol. The van der Waals surface area contributed by atoms with Crippen molar-refractivity contribution in [2.45, 2.75) is 20.0 Å². The van der Waals surface area contributed by atoms with Crippen LogP contribution in [0.5, 0.6) is 0 Å². The maximum Gasteiger partial charge on any atom is 0.246 e. The smallest absolute Gasteiger partial charge is 0.246 e. The summed E-state index contributed by atoms with van der Waals surface area (Å²) < 4.78 is 0. The molecule has 1 amide bonds. The molecule has 1 aromatic carbocycles. The van der Waals surface area contributed by atoms with E-state index in [1.807, 2.05) is 48.0 Å². The lowest BCUT2D eigenvalue weighted by molar-refractivity contribution is -0.131. The van der Waals surface area contributed by atoms with Crippen LogP contribution in [0.2, 0.25) is 0 Å². The van der Waals surface area contributed by atoms with Crippen LogP contribution in [0, 0.1) is 6.92 Å². The van der Waals surface area contributed by atoms with Crippen molar-refractivity contribution in [2.75, 3.05) is 7.05 Å². The molecule has 7 heteroatoms. The first-order valence-electron chi connectivity index (χ1n) is 7.22. The second-order valence-corrected chi connectivity index (χ2v) is 6.12. The van der Waals surface area contributed by atoms with Gasteiger partial charge in [0, 0.05) is 19.2 Å². The third kappa shape index (κ3) is 3.62. The van der Waals surface area contributed by atoms with Gasteiger partial charge < -0.3 is 4.90 Å². The predicted molar refractivity (Wildman–Crippen MR) is 88.8 cm³/mol. The van der Waals surface area contributed by atoms with Crippen LogP contribution in [0.3, 0.4) is 0 Å². The minimum Gasteiger partial charge on any atom is -0.340 e. The van der Waals surface area contributed by atoms with Gasteiger partial charge in [-0.3, -0.25) is 4.79 Å². The Balaban J connectivity index is 1.67. The molecule has 0 aliphatic rings. The molecule has 0 bridgehead atoms. The number of thiophene rings is 1. The first-order valence-corrected chi connectivity index (χ1v) is 8.16. The summed E-state index contributed by atoms with van der Waals surface area (Å²) in [5.74, 6) is 0.487. The first kappa shape index (κ1) is 15.4. The summed E-state index contributed by atoms with van der Waals surface area (Å²) in [6, 6.07) is 9.85. The minimum atomic E-state index is -0.0510. The SMILES string of the molecule is Cc1ccccc1-c1nnn(CC(=O)N(C)Cc2ccsc2)n1. The van der Waals surface area contributed by atoms with Gasteiger partial charge in [0.1, 0.15) is 6.54 Å². The van der Waals surface area contributed by atoms with E-state index in [1.54, 1.807) is 23.3 Å². The lowest BCUT2D eigenvalue weighted by Crippen LogP contribution is -2.30. The fraction of sp³-hybridized carbons (Fsp3) is 0.250. The summed E-state index contributed by atoms with van der Waals surface area (Å²) in [6.07, 6.45) is 0. The molecule has 2 heterocycles. The summed E-state index contributed by atoms with van der Waals surface area (Å²) >= 11 is 1.62. The van der Waals surface area contributed by atoms with Gasteiger partial charge in [-0.1, -0.05) is 24.3 Å². The van der Waals surface area contributed by atoms with Gasteiger partial charge in [-0.2, -0.15) is 16.1 Å². The lowest BCUT2D eigenvalue weighted by atomic mass is 10.1. The molecule has 0 saturated carbocycles. The number of nitrogens with zero attached hydrogens (tertiary/aromatic N) is 5. The van der Waals surface area contributed by atoms with Crippen molar-refractivity contribution in [3.8, 4) is 11.4 Å². The maximum absolute atomic E-state index is 12.3. The predicted octanol–water partition coefficient (Wildman–Crippen LogP) is 2.37. The molecule has 0 spiro atoms. The van der Waals surface area contributed by atoms with Crippen LogP contribution < -0.4 is 0 Å². The second-order valence-electron chi connectivity index (χ2n) is 5.34. The topological polar surface area (TPSA) is 63.9 Å². The van der Waals surface area contributed by atoms with Crippen LogP contribution in [0.4, 0.5) is 0 Å². The molecule has 0 aliphatic carbocycles. The van der Waals surface area contributed by atoms with Gasteiger partial charge in [0.15, 0.2) is 0 Å². The number of amides is 1. The molecule has 0 N–H and O–H groups in total. The number of rotatable bonds is 5. The molecule has 23 heavy (non-hydrogen) atoms. The molecule has 0 unspecified atom stereocenters. The maximum atomic E-state index is 12.3. The molecule has 0 saturated heterocycles. The molecule has 6 nitrogen and oxygen atoms in total. The molecule has 0 radical (unpaired) electrons. The van der Waals surface area contributed by atoms with Crippen LogP contribution in [0.15, 0.2) is 41.1 Å². The number of likely N-dealkylation sites (N-methyl/N-ethyl adjacent to an activating group) is 1. The van der Waals surface area contributed by atoms with Gasteiger partial charge >= 0.3 is 0 Å². The molecular formula is C16H17N5OS. The van der Waals surface area contributed by atoms with E-state index >= 15 is 0 Å².